The largest absolute Gasteiger partial charge is 0.356 e. The summed E-state index contributed by atoms with van der Waals surface area (Å²) in [5, 5.41) is 11.8. The van der Waals surface area contributed by atoms with Crippen LogP contribution in [0.1, 0.15) is 67.8 Å². The van der Waals surface area contributed by atoms with Crippen molar-refractivity contribution in [3.63, 3.8) is 0 Å². The molecule has 5 N–H and O–H groups in total. The van der Waals surface area contributed by atoms with E-state index >= 15 is 0 Å². The number of carbonyl (C=O) groups is 3. The van der Waals surface area contributed by atoms with E-state index in [4.69, 9.17) is 5.73 Å². The summed E-state index contributed by atoms with van der Waals surface area (Å²) in [6.45, 7) is 6.17. The molecular formula is C33H46N6O3S. The quantitative estimate of drug-likeness (QED) is 0.192. The number of amides is 4. The minimum atomic E-state index is -0.834. The summed E-state index contributed by atoms with van der Waals surface area (Å²) >= 11 is 1.58. The van der Waals surface area contributed by atoms with Gasteiger partial charge in [-0.3, -0.25) is 9.59 Å². The fraction of sp³-hybridized carbons (Fsp3) is 0.455. The number of hydrogen-bond donors (Lipinski definition) is 4. The van der Waals surface area contributed by atoms with Crippen molar-refractivity contribution in [1.82, 2.24) is 25.8 Å². The molecule has 0 bridgehead atoms. The van der Waals surface area contributed by atoms with Crippen molar-refractivity contribution in [3.05, 3.63) is 87.9 Å². The van der Waals surface area contributed by atoms with Gasteiger partial charge in [-0.05, 0) is 43.2 Å². The van der Waals surface area contributed by atoms with Crippen LogP contribution in [0.4, 0.5) is 4.79 Å². The molecule has 9 nitrogen and oxygen atoms in total. The highest BCUT2D eigenvalue weighted by Crippen LogP contribution is 2.20. The van der Waals surface area contributed by atoms with Crippen molar-refractivity contribution in [2.24, 2.45) is 5.73 Å². The molecule has 0 aliphatic rings. The highest BCUT2D eigenvalue weighted by molar-refractivity contribution is 7.09. The molecule has 0 saturated heterocycles. The zero-order valence-electron chi connectivity index (χ0n) is 25.7. The average Bonchev–Trinajstić information content (AvgIpc) is 3.45. The fourth-order valence-electron chi connectivity index (χ4n) is 4.76. The number of aromatic nitrogens is 1. The number of urea groups is 1. The second-order valence-corrected chi connectivity index (χ2v) is 12.3. The predicted octanol–water partition coefficient (Wildman–Crippen LogP) is 4.38. The van der Waals surface area contributed by atoms with E-state index in [2.05, 4.69) is 46.9 Å². The van der Waals surface area contributed by atoms with Gasteiger partial charge >= 0.3 is 6.03 Å². The molecule has 10 heteroatoms. The predicted molar refractivity (Wildman–Crippen MR) is 173 cm³/mol. The Hall–Kier alpha value is -3.76. The lowest BCUT2D eigenvalue weighted by atomic mass is 9.96. The maximum atomic E-state index is 13.7. The van der Waals surface area contributed by atoms with Crippen LogP contribution in [0.3, 0.4) is 0 Å². The summed E-state index contributed by atoms with van der Waals surface area (Å²) in [6, 6.07) is 18.7. The molecule has 0 aliphatic heterocycles. The molecule has 3 rings (SSSR count). The number of nitrogens with zero attached hydrogens (tertiary/aromatic N) is 2. The maximum absolute atomic E-state index is 13.7. The minimum Gasteiger partial charge on any atom is -0.356 e. The standard InChI is InChI=1S/C33H46N6O3S/c1-23(2)32-37-29(22-43-32)21-39(4)33(42)38-30(17-18-35-24(3)40)31(41)36-28(20-26-13-9-6-10-14-26)16-15-27(34)19-25-11-7-5-8-12-25/h5-14,22-23,27-28,30H,15-21,34H2,1-4H3,(H,35,40)(H,36,41)(H,38,42). The Morgan fingerprint density at radius 3 is 2.12 bits per heavy atom. The lowest BCUT2D eigenvalue weighted by molar-refractivity contribution is -0.124. The molecular weight excluding hydrogens is 560 g/mol. The van der Waals surface area contributed by atoms with Crippen molar-refractivity contribution >= 4 is 29.2 Å². The minimum absolute atomic E-state index is 0.0524. The number of nitrogens with two attached hydrogens (primary N) is 1. The topological polar surface area (TPSA) is 129 Å². The van der Waals surface area contributed by atoms with Gasteiger partial charge in [0.1, 0.15) is 6.04 Å². The average molecular weight is 607 g/mol. The van der Waals surface area contributed by atoms with Crippen LogP contribution in [-0.2, 0) is 29.0 Å². The van der Waals surface area contributed by atoms with Gasteiger partial charge in [0, 0.05) is 43.9 Å². The molecule has 2 aromatic carbocycles. The van der Waals surface area contributed by atoms with E-state index in [-0.39, 0.29) is 42.9 Å². The molecule has 0 spiro atoms. The van der Waals surface area contributed by atoms with Crippen LogP contribution in [0.15, 0.2) is 66.0 Å². The maximum Gasteiger partial charge on any atom is 0.318 e. The van der Waals surface area contributed by atoms with E-state index in [1.54, 1.807) is 18.4 Å². The van der Waals surface area contributed by atoms with Crippen molar-refractivity contribution in [2.45, 2.75) is 83.5 Å². The number of nitrogens with one attached hydrogen (secondary N) is 3. The van der Waals surface area contributed by atoms with Crippen LogP contribution in [0.25, 0.3) is 0 Å². The number of rotatable bonds is 16. The van der Waals surface area contributed by atoms with Gasteiger partial charge in [0.25, 0.3) is 0 Å². The van der Waals surface area contributed by atoms with E-state index in [0.717, 1.165) is 29.1 Å². The summed E-state index contributed by atoms with van der Waals surface area (Å²) in [5.74, 6) is -0.168. The first-order valence-electron chi connectivity index (χ1n) is 14.9. The van der Waals surface area contributed by atoms with E-state index in [1.165, 1.54) is 17.4 Å². The molecule has 0 saturated carbocycles. The van der Waals surface area contributed by atoms with Crippen molar-refractivity contribution in [1.29, 1.82) is 0 Å². The van der Waals surface area contributed by atoms with E-state index in [9.17, 15) is 14.4 Å². The van der Waals surface area contributed by atoms with Crippen LogP contribution in [0, 0.1) is 0 Å². The number of carbonyl (C=O) groups excluding carboxylic acids is 3. The molecule has 0 fully saturated rings. The summed E-state index contributed by atoms with van der Waals surface area (Å²) in [4.78, 5) is 44.5. The zero-order valence-corrected chi connectivity index (χ0v) is 26.5. The molecule has 4 amide bonds. The van der Waals surface area contributed by atoms with Crippen molar-refractivity contribution < 1.29 is 14.4 Å². The Labute approximate surface area is 259 Å². The third kappa shape index (κ3) is 12.2. The van der Waals surface area contributed by atoms with Crippen LogP contribution in [0.2, 0.25) is 0 Å². The number of benzene rings is 2. The van der Waals surface area contributed by atoms with Gasteiger partial charge < -0.3 is 26.6 Å². The molecule has 0 aliphatic carbocycles. The third-order valence-electron chi connectivity index (χ3n) is 7.13. The Balaban J connectivity index is 1.67. The molecule has 1 aromatic heterocycles. The van der Waals surface area contributed by atoms with Gasteiger partial charge in [-0.2, -0.15) is 0 Å². The van der Waals surface area contributed by atoms with Crippen LogP contribution in [-0.4, -0.2) is 59.4 Å². The first-order chi connectivity index (χ1) is 20.6. The third-order valence-corrected chi connectivity index (χ3v) is 8.32. The van der Waals surface area contributed by atoms with Gasteiger partial charge in [-0.15, -0.1) is 11.3 Å². The number of hydrogen-bond acceptors (Lipinski definition) is 6. The lowest BCUT2D eigenvalue weighted by Crippen LogP contribution is -2.53. The lowest BCUT2D eigenvalue weighted by Gasteiger charge is -2.26. The Morgan fingerprint density at radius 1 is 0.907 bits per heavy atom. The summed E-state index contributed by atoms with van der Waals surface area (Å²) in [5.41, 5.74) is 9.58. The molecule has 43 heavy (non-hydrogen) atoms. The van der Waals surface area contributed by atoms with Gasteiger partial charge in [0.05, 0.1) is 17.2 Å². The summed E-state index contributed by atoms with van der Waals surface area (Å²) in [6.07, 6.45) is 3.06. The molecule has 232 valence electrons. The van der Waals surface area contributed by atoms with Crippen LogP contribution < -0.4 is 21.7 Å². The van der Waals surface area contributed by atoms with Crippen LogP contribution in [0.5, 0.6) is 0 Å². The van der Waals surface area contributed by atoms with Crippen LogP contribution >= 0.6 is 11.3 Å². The van der Waals surface area contributed by atoms with E-state index in [1.807, 2.05) is 53.9 Å². The second kappa shape index (κ2) is 17.4. The van der Waals surface area contributed by atoms with E-state index < -0.39 is 6.04 Å². The Morgan fingerprint density at radius 2 is 1.53 bits per heavy atom. The summed E-state index contributed by atoms with van der Waals surface area (Å²) < 4.78 is 0. The Kier molecular flexibility index (Phi) is 13.6. The molecule has 3 atom stereocenters. The highest BCUT2D eigenvalue weighted by atomic mass is 32.1. The first kappa shape index (κ1) is 33.7. The van der Waals surface area contributed by atoms with Gasteiger partial charge in [0.15, 0.2) is 0 Å². The van der Waals surface area contributed by atoms with Gasteiger partial charge in [-0.1, -0.05) is 74.5 Å². The Bertz CT molecular complexity index is 1280. The normalized spacial score (nSPS) is 13.2. The summed E-state index contributed by atoms with van der Waals surface area (Å²) in [7, 11) is 1.68. The number of thiazole rings is 1. The van der Waals surface area contributed by atoms with Crippen molar-refractivity contribution in [3.8, 4) is 0 Å². The van der Waals surface area contributed by atoms with Crippen molar-refractivity contribution in [2.75, 3.05) is 13.6 Å². The molecule has 3 aromatic rings. The monoisotopic (exact) mass is 606 g/mol. The first-order valence-corrected chi connectivity index (χ1v) is 15.8. The smallest absolute Gasteiger partial charge is 0.318 e. The van der Waals surface area contributed by atoms with E-state index in [0.29, 0.717) is 25.3 Å². The van der Waals surface area contributed by atoms with Gasteiger partial charge in [0.2, 0.25) is 11.8 Å². The zero-order chi connectivity index (χ0) is 31.2. The van der Waals surface area contributed by atoms with Gasteiger partial charge in [-0.25, -0.2) is 9.78 Å². The molecule has 0 radical (unpaired) electrons. The highest BCUT2D eigenvalue weighted by Gasteiger charge is 2.25. The SMILES string of the molecule is CC(=O)NCCC(NC(=O)N(C)Cc1csc(C(C)C)n1)C(=O)NC(CCC(N)Cc1ccccc1)Cc1ccccc1. The second-order valence-electron chi connectivity index (χ2n) is 11.4. The molecule has 3 unspecified atom stereocenters. The molecule has 1 heterocycles. The fourth-order valence-corrected chi connectivity index (χ4v) is 5.58.